The fourth-order valence-corrected chi connectivity index (χ4v) is 2.85. The monoisotopic (exact) mass is 328 g/mol. The molecule has 0 aromatic heterocycles. The summed E-state index contributed by atoms with van der Waals surface area (Å²) in [6.45, 7) is 9.98. The molecule has 1 rings (SSSR count). The van der Waals surface area contributed by atoms with Crippen LogP contribution >= 0.6 is 0 Å². The van der Waals surface area contributed by atoms with Gasteiger partial charge in [0.2, 0.25) is 0 Å². The fraction of sp³-hybridized carbons (Fsp3) is 0.941. The second-order valence-electron chi connectivity index (χ2n) is 6.29. The van der Waals surface area contributed by atoms with Crippen LogP contribution in [0.4, 0.5) is 0 Å². The lowest BCUT2D eigenvalue weighted by atomic mass is 10.0. The molecule has 1 heterocycles. The number of hydrogen-bond donors (Lipinski definition) is 2. The molecule has 6 nitrogen and oxygen atoms in total. The average molecular weight is 329 g/mol. The third kappa shape index (κ3) is 10.5. The summed E-state index contributed by atoms with van der Waals surface area (Å²) in [5.74, 6) is 1.74. The SMILES string of the molecule is CN=C(NCCCOCCOC)NCCCN1CCCC(C)C1. The highest BCUT2D eigenvalue weighted by atomic mass is 16.5. The largest absolute Gasteiger partial charge is 0.382 e. The van der Waals surface area contributed by atoms with E-state index in [-0.39, 0.29) is 0 Å². The third-order valence-corrected chi connectivity index (χ3v) is 4.10. The number of ether oxygens (including phenoxy) is 2. The van der Waals surface area contributed by atoms with Crippen molar-refractivity contribution in [2.45, 2.75) is 32.6 Å². The number of piperidine rings is 1. The minimum atomic E-state index is 0.659. The zero-order valence-corrected chi connectivity index (χ0v) is 15.3. The highest BCUT2D eigenvalue weighted by Gasteiger charge is 2.15. The van der Waals surface area contributed by atoms with Gasteiger partial charge in [0.1, 0.15) is 0 Å². The molecule has 1 atom stereocenters. The van der Waals surface area contributed by atoms with E-state index in [0.717, 1.165) is 44.4 Å². The van der Waals surface area contributed by atoms with E-state index in [4.69, 9.17) is 9.47 Å². The Bertz CT molecular complexity index is 313. The molecule has 1 fully saturated rings. The van der Waals surface area contributed by atoms with Crippen LogP contribution in [0.5, 0.6) is 0 Å². The molecule has 0 aliphatic carbocycles. The molecular formula is C17H36N4O2. The molecule has 1 aliphatic heterocycles. The van der Waals surface area contributed by atoms with E-state index in [9.17, 15) is 0 Å². The van der Waals surface area contributed by atoms with Gasteiger partial charge in [0.15, 0.2) is 5.96 Å². The molecule has 23 heavy (non-hydrogen) atoms. The number of nitrogens with one attached hydrogen (secondary N) is 2. The molecule has 6 heteroatoms. The van der Waals surface area contributed by atoms with Crippen LogP contribution in [0.1, 0.15) is 32.6 Å². The van der Waals surface area contributed by atoms with E-state index in [2.05, 4.69) is 27.4 Å². The Morgan fingerprint density at radius 1 is 1.17 bits per heavy atom. The van der Waals surface area contributed by atoms with Crippen molar-refractivity contribution in [2.75, 3.05) is 66.7 Å². The first-order valence-corrected chi connectivity index (χ1v) is 8.99. The number of hydrogen-bond acceptors (Lipinski definition) is 4. The number of methoxy groups -OCH3 is 1. The summed E-state index contributed by atoms with van der Waals surface area (Å²) in [4.78, 5) is 6.84. The number of rotatable bonds is 11. The first-order chi connectivity index (χ1) is 11.3. The summed E-state index contributed by atoms with van der Waals surface area (Å²) in [6, 6.07) is 0. The van der Waals surface area contributed by atoms with Gasteiger partial charge in [0.05, 0.1) is 13.2 Å². The van der Waals surface area contributed by atoms with Crippen molar-refractivity contribution in [2.24, 2.45) is 10.9 Å². The van der Waals surface area contributed by atoms with Crippen molar-refractivity contribution < 1.29 is 9.47 Å². The maximum atomic E-state index is 5.43. The molecule has 1 aliphatic rings. The Labute approximate surface area is 142 Å². The fourth-order valence-electron chi connectivity index (χ4n) is 2.85. The zero-order chi connectivity index (χ0) is 16.8. The lowest BCUT2D eigenvalue weighted by Gasteiger charge is -2.30. The predicted molar refractivity (Wildman–Crippen MR) is 96.1 cm³/mol. The van der Waals surface area contributed by atoms with Gasteiger partial charge in [0, 0.05) is 40.4 Å². The molecule has 0 saturated carbocycles. The molecule has 1 unspecified atom stereocenters. The van der Waals surface area contributed by atoms with Gasteiger partial charge in [-0.2, -0.15) is 0 Å². The molecule has 0 spiro atoms. The van der Waals surface area contributed by atoms with Crippen molar-refractivity contribution in [3.8, 4) is 0 Å². The summed E-state index contributed by atoms with van der Waals surface area (Å²) in [7, 11) is 3.50. The lowest BCUT2D eigenvalue weighted by Crippen LogP contribution is -2.40. The van der Waals surface area contributed by atoms with Gasteiger partial charge < -0.3 is 25.0 Å². The van der Waals surface area contributed by atoms with Crippen LogP contribution in [0.3, 0.4) is 0 Å². The smallest absolute Gasteiger partial charge is 0.190 e. The normalized spacial score (nSPS) is 19.8. The topological polar surface area (TPSA) is 58.1 Å². The van der Waals surface area contributed by atoms with Crippen LogP contribution in [0.2, 0.25) is 0 Å². The Kier molecular flexibility index (Phi) is 11.9. The summed E-state index contributed by atoms with van der Waals surface area (Å²) < 4.78 is 10.4. The van der Waals surface area contributed by atoms with Gasteiger partial charge in [0.25, 0.3) is 0 Å². The van der Waals surface area contributed by atoms with Gasteiger partial charge >= 0.3 is 0 Å². The Morgan fingerprint density at radius 3 is 2.65 bits per heavy atom. The highest BCUT2D eigenvalue weighted by Crippen LogP contribution is 2.15. The van der Waals surface area contributed by atoms with Crippen molar-refractivity contribution in [3.05, 3.63) is 0 Å². The first-order valence-electron chi connectivity index (χ1n) is 8.99. The highest BCUT2D eigenvalue weighted by molar-refractivity contribution is 5.79. The molecule has 0 aromatic carbocycles. The van der Waals surface area contributed by atoms with Gasteiger partial charge in [-0.15, -0.1) is 0 Å². The van der Waals surface area contributed by atoms with E-state index >= 15 is 0 Å². The van der Waals surface area contributed by atoms with Gasteiger partial charge in [-0.1, -0.05) is 6.92 Å². The van der Waals surface area contributed by atoms with E-state index < -0.39 is 0 Å². The molecule has 1 saturated heterocycles. The van der Waals surface area contributed by atoms with Crippen LogP contribution in [0.15, 0.2) is 4.99 Å². The molecule has 0 radical (unpaired) electrons. The quantitative estimate of drug-likeness (QED) is 0.340. The number of nitrogens with zero attached hydrogens (tertiary/aromatic N) is 2. The Balaban J connectivity index is 1.97. The summed E-state index contributed by atoms with van der Waals surface area (Å²) in [5.41, 5.74) is 0. The molecule has 2 N–H and O–H groups in total. The molecule has 0 amide bonds. The van der Waals surface area contributed by atoms with Gasteiger partial charge in [-0.25, -0.2) is 0 Å². The van der Waals surface area contributed by atoms with Crippen molar-refractivity contribution >= 4 is 5.96 Å². The standard InChI is InChI=1S/C17H36N4O2/c1-16-7-4-10-21(15-16)11-5-8-19-17(18-2)20-9-6-12-23-14-13-22-3/h16H,4-15H2,1-3H3,(H2,18,19,20). The van der Waals surface area contributed by atoms with Crippen LogP contribution in [-0.2, 0) is 9.47 Å². The predicted octanol–water partition coefficient (Wildman–Crippen LogP) is 1.33. The number of likely N-dealkylation sites (tertiary alicyclic amines) is 1. The lowest BCUT2D eigenvalue weighted by molar-refractivity contribution is 0.0698. The van der Waals surface area contributed by atoms with Crippen molar-refractivity contribution in [3.63, 3.8) is 0 Å². The second kappa shape index (κ2) is 13.6. The van der Waals surface area contributed by atoms with E-state index in [1.807, 2.05) is 7.05 Å². The minimum absolute atomic E-state index is 0.659. The zero-order valence-electron chi connectivity index (χ0n) is 15.3. The molecule has 0 aromatic rings. The Morgan fingerprint density at radius 2 is 1.96 bits per heavy atom. The van der Waals surface area contributed by atoms with Crippen LogP contribution in [-0.4, -0.2) is 77.6 Å². The van der Waals surface area contributed by atoms with Gasteiger partial charge in [-0.05, 0) is 44.7 Å². The maximum absolute atomic E-state index is 5.43. The van der Waals surface area contributed by atoms with Crippen LogP contribution in [0.25, 0.3) is 0 Å². The average Bonchev–Trinajstić information content (AvgIpc) is 2.56. The van der Waals surface area contributed by atoms with Crippen molar-refractivity contribution in [1.82, 2.24) is 15.5 Å². The van der Waals surface area contributed by atoms with E-state index in [1.54, 1.807) is 7.11 Å². The first kappa shape index (κ1) is 20.2. The minimum Gasteiger partial charge on any atom is -0.382 e. The molecular weight excluding hydrogens is 292 g/mol. The van der Waals surface area contributed by atoms with Crippen LogP contribution in [0, 0.1) is 5.92 Å². The molecule has 136 valence electrons. The molecule has 0 bridgehead atoms. The number of aliphatic imine (C=N–C) groups is 1. The summed E-state index contributed by atoms with van der Waals surface area (Å²) in [5, 5.41) is 6.70. The number of guanidine groups is 1. The van der Waals surface area contributed by atoms with E-state index in [0.29, 0.717) is 13.2 Å². The second-order valence-corrected chi connectivity index (χ2v) is 6.29. The summed E-state index contributed by atoms with van der Waals surface area (Å²) in [6.07, 6.45) is 4.87. The van der Waals surface area contributed by atoms with Crippen molar-refractivity contribution in [1.29, 1.82) is 0 Å². The Hall–Kier alpha value is -0.850. The summed E-state index contributed by atoms with van der Waals surface area (Å²) >= 11 is 0. The maximum Gasteiger partial charge on any atom is 0.190 e. The van der Waals surface area contributed by atoms with Crippen LogP contribution < -0.4 is 10.6 Å². The third-order valence-electron chi connectivity index (χ3n) is 4.10. The van der Waals surface area contributed by atoms with E-state index in [1.165, 1.54) is 32.5 Å². The van der Waals surface area contributed by atoms with Gasteiger partial charge in [-0.3, -0.25) is 4.99 Å².